The second-order valence-electron chi connectivity index (χ2n) is 8.60. The Hall–Kier alpha value is -3.45. The van der Waals surface area contributed by atoms with E-state index in [9.17, 15) is 14.4 Å². The molecule has 7 heteroatoms. The van der Waals surface area contributed by atoms with Crippen LogP contribution in [0.2, 0.25) is 0 Å². The van der Waals surface area contributed by atoms with Crippen LogP contribution < -0.4 is 0 Å². The molecule has 0 N–H and O–H groups in total. The molecule has 0 radical (unpaired) electrons. The van der Waals surface area contributed by atoms with Crippen LogP contribution in [-0.4, -0.2) is 50.9 Å². The van der Waals surface area contributed by atoms with Crippen molar-refractivity contribution in [3.8, 4) is 0 Å². The summed E-state index contributed by atoms with van der Waals surface area (Å²) in [4.78, 5) is 32.8. The average Bonchev–Trinajstić information content (AvgIpc) is 3.76. The Bertz CT molecular complexity index is 911. The van der Waals surface area contributed by atoms with Crippen molar-refractivity contribution in [2.75, 3.05) is 26.9 Å². The van der Waals surface area contributed by atoms with E-state index in [1.54, 1.807) is 6.92 Å². The predicted octanol–water partition coefficient (Wildman–Crippen LogP) is 6.40. The Labute approximate surface area is 228 Å². The quantitative estimate of drug-likeness (QED) is 0.0907. The summed E-state index contributed by atoms with van der Waals surface area (Å²) in [5, 5.41) is 0. The summed E-state index contributed by atoms with van der Waals surface area (Å²) in [7, 11) is 1.36. The topological polar surface area (TPSA) is 91.4 Å². The van der Waals surface area contributed by atoms with Gasteiger partial charge in [-0.2, -0.15) is 0 Å². The fraction of sp³-hybridized carbons (Fsp3) is 0.452. The van der Waals surface area contributed by atoms with Crippen LogP contribution >= 0.6 is 0 Å². The molecule has 1 saturated heterocycles. The molecule has 0 bridgehead atoms. The summed E-state index contributed by atoms with van der Waals surface area (Å²) in [5.74, 6) is -0.929. The van der Waals surface area contributed by atoms with E-state index in [-0.39, 0.29) is 24.0 Å². The maximum absolute atomic E-state index is 11.1. The average molecular weight is 529 g/mol. The molecule has 210 valence electrons. The Morgan fingerprint density at radius 1 is 0.947 bits per heavy atom. The zero-order valence-corrected chi connectivity index (χ0v) is 23.5. The van der Waals surface area contributed by atoms with Crippen LogP contribution in [0.5, 0.6) is 0 Å². The molecule has 1 aliphatic heterocycles. The molecular formula is C31H44O7. The van der Waals surface area contributed by atoms with E-state index in [0.29, 0.717) is 49.4 Å². The van der Waals surface area contributed by atoms with Crippen molar-refractivity contribution in [3.05, 3.63) is 78.4 Å². The van der Waals surface area contributed by atoms with Gasteiger partial charge in [0.25, 0.3) is 0 Å². The van der Waals surface area contributed by atoms with Gasteiger partial charge < -0.3 is 18.9 Å². The summed E-state index contributed by atoms with van der Waals surface area (Å²) < 4.78 is 19.1. The molecule has 7 nitrogen and oxygen atoms in total. The van der Waals surface area contributed by atoms with Crippen molar-refractivity contribution in [3.63, 3.8) is 0 Å². The molecule has 0 spiro atoms. The number of unbranched alkanes of at least 4 members (excludes halogenated alkanes) is 3. The van der Waals surface area contributed by atoms with Crippen LogP contribution in [0.1, 0.15) is 64.9 Å². The molecule has 1 aromatic carbocycles. The van der Waals surface area contributed by atoms with E-state index in [1.165, 1.54) is 20.0 Å². The normalized spacial score (nSPS) is 13.1. The Morgan fingerprint density at radius 3 is 2.13 bits per heavy atom. The highest BCUT2D eigenvalue weighted by atomic mass is 16.6. The molecule has 1 aliphatic rings. The fourth-order valence-electron chi connectivity index (χ4n) is 2.53. The van der Waals surface area contributed by atoms with Crippen LogP contribution in [0.15, 0.2) is 72.9 Å². The van der Waals surface area contributed by atoms with Gasteiger partial charge in [0.15, 0.2) is 0 Å². The van der Waals surface area contributed by atoms with E-state index in [0.717, 1.165) is 18.4 Å². The van der Waals surface area contributed by atoms with Crippen LogP contribution in [-0.2, 0) is 33.3 Å². The maximum atomic E-state index is 11.1. The Morgan fingerprint density at radius 2 is 1.61 bits per heavy atom. The van der Waals surface area contributed by atoms with Crippen molar-refractivity contribution in [2.45, 2.75) is 65.4 Å². The standard InChI is InChI=1S/C13H14O2.C11H20O2.C7H10O3/c1-11(13(14)15-2)7-6-10-12-8-4-3-5-9-12;1-4-6-7-8-9-13-11(12)10(3)5-2;1-5(2)7(8)10-4-6-3-9-6/h3-6,8-10H,1,7H2,2H3;3-9H2,1-2H3;6H,1,3-4H2,2H3. The van der Waals surface area contributed by atoms with E-state index < -0.39 is 0 Å². The van der Waals surface area contributed by atoms with Gasteiger partial charge in [-0.3, -0.25) is 0 Å². The van der Waals surface area contributed by atoms with E-state index in [4.69, 9.17) is 14.2 Å². The lowest BCUT2D eigenvalue weighted by Gasteiger charge is -2.04. The van der Waals surface area contributed by atoms with Gasteiger partial charge in [0.2, 0.25) is 0 Å². The monoisotopic (exact) mass is 528 g/mol. The van der Waals surface area contributed by atoms with Gasteiger partial charge in [-0.25, -0.2) is 14.4 Å². The van der Waals surface area contributed by atoms with E-state index >= 15 is 0 Å². The Balaban J connectivity index is 0.000000551. The number of carbonyl (C=O) groups excluding carboxylic acids is 3. The van der Waals surface area contributed by atoms with Gasteiger partial charge in [-0.1, -0.05) is 95.3 Å². The van der Waals surface area contributed by atoms with Crippen LogP contribution in [0.25, 0.3) is 6.08 Å². The molecule has 1 fully saturated rings. The molecule has 1 atom stereocenters. The minimum absolute atomic E-state index is 0.142. The third kappa shape index (κ3) is 18.8. The maximum Gasteiger partial charge on any atom is 0.333 e. The highest BCUT2D eigenvalue weighted by Crippen LogP contribution is 2.09. The molecule has 1 unspecified atom stereocenters. The number of hydrogen-bond donors (Lipinski definition) is 0. The highest BCUT2D eigenvalue weighted by molar-refractivity contribution is 5.88. The first-order chi connectivity index (χ1) is 18.2. The number of ether oxygens (including phenoxy) is 4. The number of esters is 3. The van der Waals surface area contributed by atoms with Crippen molar-refractivity contribution in [1.82, 2.24) is 0 Å². The molecule has 0 aromatic heterocycles. The van der Waals surface area contributed by atoms with Crippen molar-refractivity contribution in [2.24, 2.45) is 0 Å². The highest BCUT2D eigenvalue weighted by Gasteiger charge is 2.24. The summed E-state index contributed by atoms with van der Waals surface area (Å²) in [6.07, 6.45) is 9.71. The summed E-state index contributed by atoms with van der Waals surface area (Å²) in [6.45, 7) is 18.0. The summed E-state index contributed by atoms with van der Waals surface area (Å²) >= 11 is 0. The molecular weight excluding hydrogens is 484 g/mol. The molecule has 0 saturated carbocycles. The van der Waals surface area contributed by atoms with Crippen LogP contribution in [0.4, 0.5) is 0 Å². The van der Waals surface area contributed by atoms with Gasteiger partial charge in [0, 0.05) is 16.7 Å². The third-order valence-electron chi connectivity index (χ3n) is 5.05. The fourth-order valence-corrected chi connectivity index (χ4v) is 2.53. The first-order valence-corrected chi connectivity index (χ1v) is 12.9. The van der Waals surface area contributed by atoms with E-state index in [2.05, 4.69) is 31.4 Å². The first-order valence-electron chi connectivity index (χ1n) is 12.9. The number of rotatable bonds is 14. The number of carbonyl (C=O) groups is 3. The molecule has 2 rings (SSSR count). The summed E-state index contributed by atoms with van der Waals surface area (Å²) in [6, 6.07) is 9.89. The largest absolute Gasteiger partial charge is 0.466 e. The smallest absolute Gasteiger partial charge is 0.333 e. The molecule has 0 aliphatic carbocycles. The number of epoxide rings is 1. The number of hydrogen-bond acceptors (Lipinski definition) is 7. The summed E-state index contributed by atoms with van der Waals surface area (Å²) in [5.41, 5.74) is 2.57. The minimum atomic E-state index is -0.354. The first kappa shape index (κ1) is 34.6. The lowest BCUT2D eigenvalue weighted by molar-refractivity contribution is -0.140. The zero-order valence-electron chi connectivity index (χ0n) is 23.5. The number of benzene rings is 1. The van der Waals surface area contributed by atoms with Gasteiger partial charge >= 0.3 is 17.9 Å². The lowest BCUT2D eigenvalue weighted by atomic mass is 10.1. The van der Waals surface area contributed by atoms with Crippen LogP contribution in [0, 0.1) is 0 Å². The number of methoxy groups -OCH3 is 1. The van der Waals surface area contributed by atoms with Gasteiger partial charge in [0.05, 0.1) is 20.3 Å². The van der Waals surface area contributed by atoms with Crippen molar-refractivity contribution >= 4 is 24.0 Å². The molecule has 1 heterocycles. The number of allylic oxidation sites excluding steroid dienone is 1. The van der Waals surface area contributed by atoms with E-state index in [1.807, 2.05) is 49.4 Å². The molecule has 1 aromatic rings. The van der Waals surface area contributed by atoms with Crippen molar-refractivity contribution in [1.29, 1.82) is 0 Å². The second kappa shape index (κ2) is 21.6. The third-order valence-corrected chi connectivity index (χ3v) is 5.05. The van der Waals surface area contributed by atoms with Gasteiger partial charge in [-0.05, 0) is 31.7 Å². The molecule has 0 amide bonds. The SMILES string of the molecule is C=C(C)C(=O)OCC1CO1.C=C(CC)C(=O)OCCCCCC.C=C(CC=Cc1ccccc1)C(=O)OC. The molecule has 38 heavy (non-hydrogen) atoms. The lowest BCUT2D eigenvalue weighted by Crippen LogP contribution is -2.09. The zero-order chi connectivity index (χ0) is 28.8. The van der Waals surface area contributed by atoms with Gasteiger partial charge in [0.1, 0.15) is 12.7 Å². The van der Waals surface area contributed by atoms with Crippen LogP contribution in [0.3, 0.4) is 0 Å². The van der Waals surface area contributed by atoms with Gasteiger partial charge in [-0.15, -0.1) is 0 Å². The second-order valence-corrected chi connectivity index (χ2v) is 8.60. The van der Waals surface area contributed by atoms with Crippen molar-refractivity contribution < 1.29 is 33.3 Å². The minimum Gasteiger partial charge on any atom is -0.466 e. The predicted molar refractivity (Wildman–Crippen MR) is 151 cm³/mol. The Kier molecular flexibility index (Phi) is 19.7.